The van der Waals surface area contributed by atoms with Gasteiger partial charge in [0.25, 0.3) is 16.8 Å². The minimum atomic E-state index is -0.478. The zero-order valence-corrected chi connectivity index (χ0v) is 15.0. The molecule has 3 aromatic rings. The lowest BCUT2D eigenvalue weighted by molar-refractivity contribution is -0.384. The molecule has 1 unspecified atom stereocenters. The number of non-ortho nitro benzene ring substituents is 1. The number of aromatic nitrogens is 2. The van der Waals surface area contributed by atoms with Crippen molar-refractivity contribution < 1.29 is 18.6 Å². The lowest BCUT2D eigenvalue weighted by atomic mass is 10.2. The summed E-state index contributed by atoms with van der Waals surface area (Å²) in [6.07, 6.45) is 2.12. The predicted octanol–water partition coefficient (Wildman–Crippen LogP) is 3.44. The minimum absolute atomic E-state index is 0.0478. The van der Waals surface area contributed by atoms with E-state index in [0.717, 1.165) is 0 Å². The molecular formula is C17H14N4O5S. The van der Waals surface area contributed by atoms with Crippen molar-refractivity contribution in [2.24, 2.45) is 0 Å². The van der Waals surface area contributed by atoms with Crippen LogP contribution in [0.2, 0.25) is 0 Å². The number of rotatable bonds is 5. The van der Waals surface area contributed by atoms with E-state index in [2.05, 4.69) is 10.2 Å². The molecule has 1 aliphatic heterocycles. The molecular weight excluding hydrogens is 372 g/mol. The molecule has 0 spiro atoms. The largest absolute Gasteiger partial charge is 0.469 e. The van der Waals surface area contributed by atoms with Crippen molar-refractivity contribution in [1.29, 1.82) is 0 Å². The summed E-state index contributed by atoms with van der Waals surface area (Å²) in [4.78, 5) is 24.7. The van der Waals surface area contributed by atoms with Crippen molar-refractivity contribution in [3.05, 3.63) is 52.5 Å². The SMILES string of the molecule is Cc1occc1-c1nnc(SC2CCN(c3cccc([N+](=O)[O-])c3)C2=O)o1. The summed E-state index contributed by atoms with van der Waals surface area (Å²) >= 11 is 1.20. The van der Waals surface area contributed by atoms with Gasteiger partial charge in [-0.1, -0.05) is 17.8 Å². The molecule has 9 nitrogen and oxygen atoms in total. The van der Waals surface area contributed by atoms with Crippen molar-refractivity contribution in [3.8, 4) is 11.5 Å². The van der Waals surface area contributed by atoms with E-state index < -0.39 is 4.92 Å². The predicted molar refractivity (Wildman–Crippen MR) is 96.4 cm³/mol. The van der Waals surface area contributed by atoms with Gasteiger partial charge in [-0.15, -0.1) is 10.2 Å². The number of carbonyl (C=O) groups excluding carboxylic acids is 1. The van der Waals surface area contributed by atoms with E-state index in [-0.39, 0.29) is 16.8 Å². The highest BCUT2D eigenvalue weighted by molar-refractivity contribution is 8.00. The normalized spacial score (nSPS) is 16.9. The number of hydrogen-bond donors (Lipinski definition) is 0. The highest BCUT2D eigenvalue weighted by Crippen LogP contribution is 2.35. The number of thioether (sulfide) groups is 1. The van der Waals surface area contributed by atoms with Crippen LogP contribution >= 0.6 is 11.8 Å². The number of furan rings is 1. The first kappa shape index (κ1) is 17.3. The van der Waals surface area contributed by atoms with Crippen LogP contribution in [0.15, 0.2) is 50.7 Å². The molecule has 0 saturated carbocycles. The third-order valence-corrected chi connectivity index (χ3v) is 5.34. The molecule has 0 radical (unpaired) electrons. The van der Waals surface area contributed by atoms with Gasteiger partial charge in [-0.3, -0.25) is 14.9 Å². The second-order valence-corrected chi connectivity index (χ2v) is 7.08. The Balaban J connectivity index is 1.48. The van der Waals surface area contributed by atoms with Crippen LogP contribution in [-0.2, 0) is 4.79 Å². The summed E-state index contributed by atoms with van der Waals surface area (Å²) in [6, 6.07) is 7.79. The van der Waals surface area contributed by atoms with Crippen LogP contribution < -0.4 is 4.90 Å². The highest BCUT2D eigenvalue weighted by atomic mass is 32.2. The van der Waals surface area contributed by atoms with Crippen LogP contribution in [0.1, 0.15) is 12.2 Å². The van der Waals surface area contributed by atoms with Crippen LogP contribution in [0.25, 0.3) is 11.5 Å². The van der Waals surface area contributed by atoms with E-state index >= 15 is 0 Å². The van der Waals surface area contributed by atoms with Gasteiger partial charge in [0.05, 0.1) is 27.7 Å². The molecule has 0 N–H and O–H groups in total. The van der Waals surface area contributed by atoms with Gasteiger partial charge in [-0.25, -0.2) is 0 Å². The number of carbonyl (C=O) groups is 1. The third kappa shape index (κ3) is 3.31. The molecule has 1 atom stereocenters. The maximum absolute atomic E-state index is 12.7. The molecule has 27 heavy (non-hydrogen) atoms. The van der Waals surface area contributed by atoms with Crippen LogP contribution in [0.5, 0.6) is 0 Å². The zero-order valence-electron chi connectivity index (χ0n) is 14.2. The lowest BCUT2D eigenvalue weighted by Gasteiger charge is -2.16. The Morgan fingerprint density at radius 2 is 2.19 bits per heavy atom. The smallest absolute Gasteiger partial charge is 0.277 e. The average Bonchev–Trinajstić information content (AvgIpc) is 3.37. The second-order valence-electron chi connectivity index (χ2n) is 5.93. The number of nitro groups is 1. The quantitative estimate of drug-likeness (QED) is 0.484. The summed E-state index contributed by atoms with van der Waals surface area (Å²) in [5.41, 5.74) is 1.18. The van der Waals surface area contributed by atoms with Gasteiger partial charge >= 0.3 is 0 Å². The van der Waals surface area contributed by atoms with Crippen molar-refractivity contribution >= 4 is 29.0 Å². The summed E-state index contributed by atoms with van der Waals surface area (Å²) < 4.78 is 10.9. The molecule has 2 aromatic heterocycles. The number of aryl methyl sites for hydroxylation is 1. The molecule has 0 bridgehead atoms. The van der Waals surface area contributed by atoms with Crippen molar-refractivity contribution in [1.82, 2.24) is 10.2 Å². The molecule has 0 aliphatic carbocycles. The number of anilines is 1. The van der Waals surface area contributed by atoms with E-state index in [1.165, 1.54) is 23.9 Å². The molecule has 1 amide bonds. The fourth-order valence-corrected chi connectivity index (χ4v) is 3.80. The third-order valence-electron chi connectivity index (χ3n) is 4.25. The summed E-state index contributed by atoms with van der Waals surface area (Å²) in [5.74, 6) is 0.869. The van der Waals surface area contributed by atoms with Crippen molar-refractivity contribution in [3.63, 3.8) is 0 Å². The molecule has 138 valence electrons. The molecule has 4 rings (SSSR count). The Hall–Kier alpha value is -3.14. The number of hydrogen-bond acceptors (Lipinski definition) is 8. The fraction of sp³-hybridized carbons (Fsp3) is 0.235. The zero-order chi connectivity index (χ0) is 19.0. The first-order valence-electron chi connectivity index (χ1n) is 8.13. The fourth-order valence-electron chi connectivity index (χ4n) is 2.89. The lowest BCUT2D eigenvalue weighted by Crippen LogP contribution is -2.28. The topological polar surface area (TPSA) is 116 Å². The van der Waals surface area contributed by atoms with Gasteiger partial charge < -0.3 is 13.7 Å². The van der Waals surface area contributed by atoms with Gasteiger partial charge in [0, 0.05) is 18.7 Å². The number of benzene rings is 1. The molecule has 1 aromatic carbocycles. The Morgan fingerprint density at radius 3 is 2.93 bits per heavy atom. The second kappa shape index (κ2) is 6.88. The molecule has 10 heteroatoms. The highest BCUT2D eigenvalue weighted by Gasteiger charge is 2.35. The summed E-state index contributed by atoms with van der Waals surface area (Å²) in [5, 5.41) is 18.8. The monoisotopic (exact) mass is 386 g/mol. The molecule has 1 aliphatic rings. The number of nitrogens with zero attached hydrogens (tertiary/aromatic N) is 4. The van der Waals surface area contributed by atoms with Gasteiger partial charge in [0.1, 0.15) is 5.76 Å². The Labute approximate surface area is 157 Å². The molecule has 3 heterocycles. The minimum Gasteiger partial charge on any atom is -0.469 e. The van der Waals surface area contributed by atoms with E-state index in [0.29, 0.717) is 41.1 Å². The van der Waals surface area contributed by atoms with Gasteiger partial charge in [0.15, 0.2) is 0 Å². The Morgan fingerprint density at radius 1 is 1.33 bits per heavy atom. The molecule has 1 saturated heterocycles. The van der Waals surface area contributed by atoms with Crippen molar-refractivity contribution in [2.45, 2.75) is 23.8 Å². The average molecular weight is 386 g/mol. The van der Waals surface area contributed by atoms with Gasteiger partial charge in [-0.05, 0) is 25.5 Å². The maximum Gasteiger partial charge on any atom is 0.277 e. The van der Waals surface area contributed by atoms with Gasteiger partial charge in [0.2, 0.25) is 5.91 Å². The summed E-state index contributed by atoms with van der Waals surface area (Å²) in [7, 11) is 0. The maximum atomic E-state index is 12.7. The van der Waals surface area contributed by atoms with E-state index in [4.69, 9.17) is 8.83 Å². The first-order valence-corrected chi connectivity index (χ1v) is 9.01. The van der Waals surface area contributed by atoms with Crippen LogP contribution in [0.4, 0.5) is 11.4 Å². The number of nitro benzene ring substituents is 1. The number of amides is 1. The van der Waals surface area contributed by atoms with Crippen molar-refractivity contribution in [2.75, 3.05) is 11.4 Å². The Bertz CT molecular complexity index is 1010. The van der Waals surface area contributed by atoms with E-state index in [1.807, 2.05) is 0 Å². The van der Waals surface area contributed by atoms with E-state index in [1.54, 1.807) is 36.3 Å². The van der Waals surface area contributed by atoms with E-state index in [9.17, 15) is 14.9 Å². The van der Waals surface area contributed by atoms with Gasteiger partial charge in [-0.2, -0.15) is 0 Å². The first-order chi connectivity index (χ1) is 13.0. The van der Waals surface area contributed by atoms with Crippen LogP contribution in [0, 0.1) is 17.0 Å². The standard InChI is InChI=1S/C17H14N4O5S/c1-10-13(6-8-25-10)15-18-19-17(26-15)27-14-5-7-20(16(14)22)11-3-2-4-12(9-11)21(23)24/h2-4,6,8-9,14H,5,7H2,1H3. The summed E-state index contributed by atoms with van der Waals surface area (Å²) in [6.45, 7) is 2.27. The Kier molecular flexibility index (Phi) is 4.40. The van der Waals surface area contributed by atoms with Crippen LogP contribution in [0.3, 0.4) is 0 Å². The molecule has 1 fully saturated rings. The van der Waals surface area contributed by atoms with Crippen LogP contribution in [-0.4, -0.2) is 32.8 Å².